The van der Waals surface area contributed by atoms with Crippen LogP contribution in [-0.2, 0) is 4.74 Å². The largest absolute Gasteiger partial charge is 0.393 e. The molecule has 3 unspecified atom stereocenters. The van der Waals surface area contributed by atoms with E-state index in [-0.39, 0.29) is 6.10 Å². The predicted octanol–water partition coefficient (Wildman–Crippen LogP) is -1.16. The molecule has 1 heterocycles. The summed E-state index contributed by atoms with van der Waals surface area (Å²) in [6.45, 7) is 1.32. The van der Waals surface area contributed by atoms with Crippen molar-refractivity contribution in [3.8, 4) is 0 Å². The molecule has 0 spiro atoms. The lowest BCUT2D eigenvalue weighted by molar-refractivity contribution is -0.355. The zero-order valence-electron chi connectivity index (χ0n) is 5.82. The quantitative estimate of drug-likeness (QED) is 0.462. The third-order valence-corrected chi connectivity index (χ3v) is 1.68. The molecule has 0 aliphatic carbocycles. The summed E-state index contributed by atoms with van der Waals surface area (Å²) >= 11 is 0. The van der Waals surface area contributed by atoms with Crippen LogP contribution in [0.15, 0.2) is 0 Å². The highest BCUT2D eigenvalue weighted by atomic mass is 16.7. The second-order valence-corrected chi connectivity index (χ2v) is 2.68. The Morgan fingerprint density at radius 3 is 2.60 bits per heavy atom. The Morgan fingerprint density at radius 1 is 1.80 bits per heavy atom. The first-order chi connectivity index (χ1) is 4.58. The molecule has 10 heavy (non-hydrogen) atoms. The summed E-state index contributed by atoms with van der Waals surface area (Å²) in [5, 5.41) is 26.6. The number of hydrogen-bond acceptors (Lipinski definition) is 4. The molecule has 0 bridgehead atoms. The second-order valence-electron chi connectivity index (χ2n) is 2.68. The van der Waals surface area contributed by atoms with Crippen LogP contribution in [0.5, 0.6) is 0 Å². The average Bonchev–Trinajstić information content (AvgIpc) is 1.83. The van der Waals surface area contributed by atoms with Crippen LogP contribution in [0.25, 0.3) is 0 Å². The molecule has 0 aromatic carbocycles. The Hall–Kier alpha value is -0.160. The van der Waals surface area contributed by atoms with Gasteiger partial charge in [-0.15, -0.1) is 0 Å². The molecule has 1 aliphatic heterocycles. The Balaban J connectivity index is 2.40. The second kappa shape index (κ2) is 2.47. The molecule has 1 rings (SSSR count). The molecule has 0 amide bonds. The highest BCUT2D eigenvalue weighted by Crippen LogP contribution is 2.32. The van der Waals surface area contributed by atoms with E-state index in [0.717, 1.165) is 0 Å². The fourth-order valence-electron chi connectivity index (χ4n) is 1.11. The minimum absolute atomic E-state index is 0.0220. The van der Waals surface area contributed by atoms with Gasteiger partial charge in [0.05, 0.1) is 12.7 Å². The lowest BCUT2D eigenvalue weighted by Crippen LogP contribution is -2.58. The van der Waals surface area contributed by atoms with Gasteiger partial charge in [-0.3, -0.25) is 0 Å². The van der Waals surface area contributed by atoms with Gasteiger partial charge in [0, 0.05) is 6.42 Å². The molecule has 4 heteroatoms. The maximum Gasteiger partial charge on any atom is 0.196 e. The molecule has 3 atom stereocenters. The number of hydrogen-bond donors (Lipinski definition) is 3. The van der Waals surface area contributed by atoms with Crippen molar-refractivity contribution in [2.45, 2.75) is 31.3 Å². The first kappa shape index (κ1) is 7.94. The molecule has 0 saturated carbocycles. The predicted molar refractivity (Wildman–Crippen MR) is 33.2 cm³/mol. The van der Waals surface area contributed by atoms with Gasteiger partial charge in [0.25, 0.3) is 0 Å². The summed E-state index contributed by atoms with van der Waals surface area (Å²) < 4.78 is 4.82. The van der Waals surface area contributed by atoms with Crippen molar-refractivity contribution in [1.82, 2.24) is 0 Å². The number of rotatable bonds is 2. The van der Waals surface area contributed by atoms with Crippen LogP contribution in [-0.4, -0.2) is 39.9 Å². The fourth-order valence-corrected chi connectivity index (χ4v) is 1.11. The molecule has 3 N–H and O–H groups in total. The lowest BCUT2D eigenvalue weighted by atomic mass is 9.97. The van der Waals surface area contributed by atoms with E-state index in [4.69, 9.17) is 14.9 Å². The van der Waals surface area contributed by atoms with E-state index in [2.05, 4.69) is 0 Å². The molecule has 0 aromatic heterocycles. The van der Waals surface area contributed by atoms with E-state index in [1.807, 2.05) is 0 Å². The Kier molecular flexibility index (Phi) is 1.96. The first-order valence-electron chi connectivity index (χ1n) is 3.27. The zero-order valence-corrected chi connectivity index (χ0v) is 5.82. The van der Waals surface area contributed by atoms with Crippen LogP contribution >= 0.6 is 0 Å². The third-order valence-electron chi connectivity index (χ3n) is 1.68. The lowest BCUT2D eigenvalue weighted by Gasteiger charge is -2.44. The van der Waals surface area contributed by atoms with Gasteiger partial charge in [-0.05, 0) is 6.92 Å². The van der Waals surface area contributed by atoms with Gasteiger partial charge in [0.2, 0.25) is 0 Å². The van der Waals surface area contributed by atoms with Crippen LogP contribution in [0.4, 0.5) is 0 Å². The Labute approximate surface area is 59.1 Å². The van der Waals surface area contributed by atoms with Crippen LogP contribution in [0.2, 0.25) is 0 Å². The van der Waals surface area contributed by atoms with Crippen LogP contribution < -0.4 is 0 Å². The van der Waals surface area contributed by atoms with E-state index in [1.165, 1.54) is 0 Å². The van der Waals surface area contributed by atoms with Gasteiger partial charge < -0.3 is 20.1 Å². The van der Waals surface area contributed by atoms with Crippen molar-refractivity contribution in [2.75, 3.05) is 6.61 Å². The van der Waals surface area contributed by atoms with Crippen molar-refractivity contribution in [2.24, 2.45) is 0 Å². The zero-order chi connectivity index (χ0) is 7.78. The molecule has 4 nitrogen and oxygen atoms in total. The summed E-state index contributed by atoms with van der Waals surface area (Å²) in [4.78, 5) is 0. The summed E-state index contributed by atoms with van der Waals surface area (Å²) in [5.41, 5.74) is 0. The first-order valence-corrected chi connectivity index (χ1v) is 3.27. The summed E-state index contributed by atoms with van der Waals surface area (Å²) in [6, 6.07) is 0. The molecule has 1 fully saturated rings. The van der Waals surface area contributed by atoms with Gasteiger partial charge in [-0.1, -0.05) is 0 Å². The maximum atomic E-state index is 9.22. The molecular formula is C6H12O4. The average molecular weight is 148 g/mol. The molecule has 0 aromatic rings. The number of aliphatic hydroxyl groups is 3. The van der Waals surface area contributed by atoms with Crippen molar-refractivity contribution in [1.29, 1.82) is 0 Å². The highest BCUT2D eigenvalue weighted by Gasteiger charge is 2.47. The van der Waals surface area contributed by atoms with Gasteiger partial charge in [-0.2, -0.15) is 0 Å². The van der Waals surface area contributed by atoms with Gasteiger partial charge >= 0.3 is 0 Å². The fraction of sp³-hybridized carbons (Fsp3) is 1.00. The summed E-state index contributed by atoms with van der Waals surface area (Å²) in [5.74, 6) is -1.49. The van der Waals surface area contributed by atoms with Crippen LogP contribution in [0, 0.1) is 0 Å². The minimum Gasteiger partial charge on any atom is -0.393 e. The van der Waals surface area contributed by atoms with Crippen molar-refractivity contribution >= 4 is 0 Å². The molecule has 1 aliphatic rings. The smallest absolute Gasteiger partial charge is 0.196 e. The van der Waals surface area contributed by atoms with E-state index in [9.17, 15) is 5.11 Å². The monoisotopic (exact) mass is 148 g/mol. The Morgan fingerprint density at radius 2 is 2.30 bits per heavy atom. The third kappa shape index (κ3) is 1.15. The number of aliphatic hydroxyl groups excluding tert-OH is 2. The van der Waals surface area contributed by atoms with Crippen LogP contribution in [0.1, 0.15) is 13.3 Å². The molecular weight excluding hydrogens is 136 g/mol. The van der Waals surface area contributed by atoms with Gasteiger partial charge in [0.1, 0.15) is 6.10 Å². The van der Waals surface area contributed by atoms with E-state index >= 15 is 0 Å². The van der Waals surface area contributed by atoms with E-state index in [1.54, 1.807) is 6.92 Å². The maximum absolute atomic E-state index is 9.22. The molecule has 60 valence electrons. The molecule has 1 saturated heterocycles. The van der Waals surface area contributed by atoms with Crippen molar-refractivity contribution in [3.05, 3.63) is 0 Å². The van der Waals surface area contributed by atoms with E-state index < -0.39 is 18.5 Å². The normalized spacial score (nSPS) is 42.6. The molecule has 0 radical (unpaired) electrons. The summed E-state index contributed by atoms with van der Waals surface area (Å²) in [6.07, 6.45) is -0.816. The standard InChI is InChI=1S/C6H12O4/c1-4-2-6(9,10-4)5(8)3-7/h4-5,7-9H,2-3H2,1H3. The SMILES string of the molecule is CC1CC(O)(C(O)CO)O1. The van der Waals surface area contributed by atoms with Crippen molar-refractivity contribution in [3.63, 3.8) is 0 Å². The summed E-state index contributed by atoms with van der Waals surface area (Å²) in [7, 11) is 0. The van der Waals surface area contributed by atoms with E-state index in [0.29, 0.717) is 6.42 Å². The van der Waals surface area contributed by atoms with Gasteiger partial charge in [-0.25, -0.2) is 0 Å². The highest BCUT2D eigenvalue weighted by molar-refractivity contribution is 4.87. The van der Waals surface area contributed by atoms with Gasteiger partial charge in [0.15, 0.2) is 5.79 Å². The Bertz CT molecular complexity index is 119. The topological polar surface area (TPSA) is 69.9 Å². The van der Waals surface area contributed by atoms with Crippen molar-refractivity contribution < 1.29 is 20.1 Å². The van der Waals surface area contributed by atoms with Crippen LogP contribution in [0.3, 0.4) is 0 Å². The minimum atomic E-state index is -1.49. The number of ether oxygens (including phenoxy) is 1.